The van der Waals surface area contributed by atoms with Crippen molar-refractivity contribution in [3.8, 4) is 0 Å². The molecule has 630 valence electrons. The van der Waals surface area contributed by atoms with E-state index in [1.54, 1.807) is 0 Å². The maximum absolute atomic E-state index is 13.2. The van der Waals surface area contributed by atoms with Crippen molar-refractivity contribution in [2.75, 3.05) is 39.6 Å². The van der Waals surface area contributed by atoms with Gasteiger partial charge in [0.2, 0.25) is 0 Å². The summed E-state index contributed by atoms with van der Waals surface area (Å²) >= 11 is 0. The Hall–Kier alpha value is -1.94. The summed E-state index contributed by atoms with van der Waals surface area (Å²) in [5, 5.41) is 10.7. The standard InChI is InChI=1S/C87H170O17P2/c1-5-9-13-17-21-25-29-32-35-38-41-44-46-49-52-56-60-64-68-72-85(90)98-78-83(104-87(92)74-70-66-62-58-54-51-48-45-42-39-36-33-30-26-22-18-14-10-6-2)80-102-106(95,96)100-76-81(88)75-99-105(93,94)101-79-82(77-97-84(89)71-67-63-59-55-28-24-20-16-12-8-4)103-86(91)73-69-65-61-57-53-50-47-43-40-37-34-31-27-23-19-15-11-7-3/h81-83,88H,5-80H2,1-4H3,(H,93,94)(H,95,96)/t81-,82+,83+/m0/s1. The molecule has 5 atom stereocenters. The van der Waals surface area contributed by atoms with Gasteiger partial charge in [-0.05, 0) is 25.7 Å². The highest BCUT2D eigenvalue weighted by atomic mass is 31.2. The third-order valence-corrected chi connectivity index (χ3v) is 22.5. The monoisotopic (exact) mass is 1550 g/mol. The Balaban J connectivity index is 5.22. The summed E-state index contributed by atoms with van der Waals surface area (Å²) in [7, 11) is -9.93. The first-order valence-electron chi connectivity index (χ1n) is 45.3. The largest absolute Gasteiger partial charge is 0.472 e. The SMILES string of the molecule is CCCCCCCCCCCCCCCCCCCCCC(=O)OC[C@H](COP(=O)(O)OC[C@@H](O)COP(=O)(O)OC[C@@H](COC(=O)CCCCCCCCCCCC)OC(=O)CCCCCCCCCCCCCCCCCCCC)OC(=O)CCCCCCCCCCCCCCCCCCCCC. The Morgan fingerprint density at radius 1 is 0.226 bits per heavy atom. The lowest BCUT2D eigenvalue weighted by atomic mass is 10.0. The molecule has 2 unspecified atom stereocenters. The summed E-state index contributed by atoms with van der Waals surface area (Å²) in [6.07, 6.45) is 76.4. The first kappa shape index (κ1) is 104. The molecule has 0 radical (unpaired) electrons. The summed E-state index contributed by atoms with van der Waals surface area (Å²) < 4.78 is 68.9. The van der Waals surface area contributed by atoms with Crippen LogP contribution in [0.15, 0.2) is 0 Å². The molecule has 0 aromatic carbocycles. The molecule has 0 saturated carbocycles. The fraction of sp³-hybridized carbons (Fsp3) is 0.954. The van der Waals surface area contributed by atoms with E-state index in [2.05, 4.69) is 27.7 Å². The van der Waals surface area contributed by atoms with Crippen LogP contribution in [-0.2, 0) is 65.4 Å². The third kappa shape index (κ3) is 80.1. The second-order valence-corrected chi connectivity index (χ2v) is 34.2. The number of phosphoric acid groups is 2. The zero-order valence-electron chi connectivity index (χ0n) is 69.4. The van der Waals surface area contributed by atoms with Gasteiger partial charge in [0, 0.05) is 25.7 Å². The fourth-order valence-corrected chi connectivity index (χ4v) is 15.3. The highest BCUT2D eigenvalue weighted by Crippen LogP contribution is 2.45. The Morgan fingerprint density at radius 2 is 0.377 bits per heavy atom. The molecule has 3 N–H and O–H groups in total. The van der Waals surface area contributed by atoms with E-state index in [0.717, 1.165) is 89.9 Å². The average molecular weight is 1550 g/mol. The molecule has 0 aliphatic heterocycles. The molecule has 17 nitrogen and oxygen atoms in total. The average Bonchev–Trinajstić information content (AvgIpc) is 0.943. The van der Waals surface area contributed by atoms with Crippen molar-refractivity contribution in [1.29, 1.82) is 0 Å². The van der Waals surface area contributed by atoms with Crippen LogP contribution in [0.3, 0.4) is 0 Å². The molecule has 0 spiro atoms. The van der Waals surface area contributed by atoms with E-state index >= 15 is 0 Å². The molecule has 106 heavy (non-hydrogen) atoms. The maximum Gasteiger partial charge on any atom is 0.472 e. The van der Waals surface area contributed by atoms with Gasteiger partial charge in [-0.15, -0.1) is 0 Å². The molecule has 0 bridgehead atoms. The van der Waals surface area contributed by atoms with E-state index in [1.165, 1.54) is 308 Å². The first-order chi connectivity index (χ1) is 51.7. The summed E-state index contributed by atoms with van der Waals surface area (Å²) in [6, 6.07) is 0. The van der Waals surface area contributed by atoms with Crippen molar-refractivity contribution in [3.63, 3.8) is 0 Å². The Morgan fingerprint density at radius 3 is 0.557 bits per heavy atom. The molecule has 0 aromatic heterocycles. The van der Waals surface area contributed by atoms with Gasteiger partial charge >= 0.3 is 39.5 Å². The van der Waals surface area contributed by atoms with Gasteiger partial charge in [0.05, 0.1) is 26.4 Å². The number of ether oxygens (including phenoxy) is 4. The molecule has 0 fully saturated rings. The van der Waals surface area contributed by atoms with Gasteiger partial charge < -0.3 is 33.8 Å². The second-order valence-electron chi connectivity index (χ2n) is 31.3. The van der Waals surface area contributed by atoms with E-state index in [0.29, 0.717) is 25.7 Å². The topological polar surface area (TPSA) is 237 Å². The van der Waals surface area contributed by atoms with Gasteiger partial charge in [0.25, 0.3) is 0 Å². The minimum Gasteiger partial charge on any atom is -0.462 e. The molecule has 0 aliphatic carbocycles. The number of carbonyl (C=O) groups is 4. The third-order valence-electron chi connectivity index (χ3n) is 20.6. The van der Waals surface area contributed by atoms with Gasteiger partial charge in [0.15, 0.2) is 12.2 Å². The number of aliphatic hydroxyl groups is 1. The number of rotatable bonds is 88. The quantitative estimate of drug-likeness (QED) is 0.0222. The van der Waals surface area contributed by atoms with Crippen LogP contribution in [-0.4, -0.2) is 96.7 Å². The molecule has 0 heterocycles. The van der Waals surface area contributed by atoms with Crippen molar-refractivity contribution < 1.29 is 80.2 Å². The van der Waals surface area contributed by atoms with Crippen LogP contribution in [0.4, 0.5) is 0 Å². The lowest BCUT2D eigenvalue weighted by molar-refractivity contribution is -0.161. The van der Waals surface area contributed by atoms with E-state index in [4.69, 9.17) is 37.0 Å². The zero-order valence-corrected chi connectivity index (χ0v) is 71.2. The predicted molar refractivity (Wildman–Crippen MR) is 437 cm³/mol. The van der Waals surface area contributed by atoms with Gasteiger partial charge in [-0.1, -0.05) is 426 Å². The van der Waals surface area contributed by atoms with Crippen molar-refractivity contribution in [2.24, 2.45) is 0 Å². The highest BCUT2D eigenvalue weighted by molar-refractivity contribution is 7.47. The predicted octanol–water partition coefficient (Wildman–Crippen LogP) is 26.9. The molecule has 0 amide bonds. The molecule has 0 saturated heterocycles. The molecule has 19 heteroatoms. The van der Waals surface area contributed by atoms with Crippen molar-refractivity contribution in [1.82, 2.24) is 0 Å². The molecule has 0 aromatic rings. The second kappa shape index (κ2) is 81.1. The van der Waals surface area contributed by atoms with E-state index in [1.807, 2.05) is 0 Å². The van der Waals surface area contributed by atoms with Crippen molar-refractivity contribution >= 4 is 39.5 Å². The van der Waals surface area contributed by atoms with Crippen LogP contribution in [0.5, 0.6) is 0 Å². The summed E-state index contributed by atoms with van der Waals surface area (Å²) in [5.41, 5.74) is 0. The first-order valence-corrected chi connectivity index (χ1v) is 48.3. The number of hydrogen-bond acceptors (Lipinski definition) is 15. The normalized spacial score (nSPS) is 13.7. The number of aliphatic hydroxyl groups excluding tert-OH is 1. The minimum atomic E-state index is -4.97. The lowest BCUT2D eigenvalue weighted by Crippen LogP contribution is -2.30. The highest BCUT2D eigenvalue weighted by Gasteiger charge is 2.30. The maximum atomic E-state index is 13.2. The van der Waals surface area contributed by atoms with E-state index in [-0.39, 0.29) is 25.7 Å². The molecular formula is C87H170O17P2. The van der Waals surface area contributed by atoms with Crippen molar-refractivity contribution in [2.45, 2.75) is 495 Å². The number of carbonyl (C=O) groups excluding carboxylic acids is 4. The number of esters is 4. The lowest BCUT2D eigenvalue weighted by Gasteiger charge is -2.21. The van der Waals surface area contributed by atoms with Crippen LogP contribution >= 0.6 is 15.6 Å². The molecule has 0 aliphatic rings. The van der Waals surface area contributed by atoms with Gasteiger partial charge in [-0.2, -0.15) is 0 Å². The zero-order chi connectivity index (χ0) is 77.4. The van der Waals surface area contributed by atoms with E-state index < -0.39 is 97.5 Å². The Labute approximate surface area is 651 Å². The van der Waals surface area contributed by atoms with Crippen LogP contribution in [0.2, 0.25) is 0 Å². The molecule has 0 rings (SSSR count). The van der Waals surface area contributed by atoms with Crippen molar-refractivity contribution in [3.05, 3.63) is 0 Å². The minimum absolute atomic E-state index is 0.109. The fourth-order valence-electron chi connectivity index (χ4n) is 13.7. The van der Waals surface area contributed by atoms with Crippen LogP contribution in [0.1, 0.15) is 477 Å². The van der Waals surface area contributed by atoms with Gasteiger partial charge in [-0.25, -0.2) is 9.13 Å². The Bertz CT molecular complexity index is 2000. The summed E-state index contributed by atoms with van der Waals surface area (Å²) in [6.45, 7) is 5.06. The number of unbranched alkanes of at least 4 members (excludes halogenated alkanes) is 62. The number of hydrogen-bond donors (Lipinski definition) is 3. The number of phosphoric ester groups is 2. The summed E-state index contributed by atoms with van der Waals surface area (Å²) in [5.74, 6) is -2.10. The van der Waals surface area contributed by atoms with Crippen LogP contribution < -0.4 is 0 Å². The van der Waals surface area contributed by atoms with Gasteiger partial charge in [-0.3, -0.25) is 37.3 Å². The van der Waals surface area contributed by atoms with Gasteiger partial charge in [0.1, 0.15) is 19.3 Å². The Kier molecular flexibility index (Phi) is 79.6. The van der Waals surface area contributed by atoms with E-state index in [9.17, 15) is 43.2 Å². The van der Waals surface area contributed by atoms with Crippen LogP contribution in [0, 0.1) is 0 Å². The molecular weight excluding hydrogens is 1380 g/mol. The summed E-state index contributed by atoms with van der Waals surface area (Å²) in [4.78, 5) is 73.2. The van der Waals surface area contributed by atoms with Crippen LogP contribution in [0.25, 0.3) is 0 Å². The smallest absolute Gasteiger partial charge is 0.462 e.